The summed E-state index contributed by atoms with van der Waals surface area (Å²) >= 11 is 0. The maximum absolute atomic E-state index is 13.1. The Bertz CT molecular complexity index is 1120. The molecule has 1 aliphatic carbocycles. The zero-order valence-electron chi connectivity index (χ0n) is 18.0. The molecule has 1 amide bonds. The standard InChI is InChI=1S/C25H26N2O5/c1-15-26-21(13-30-15)18-8-6-16(7-9-18)10-17-11-19(24-23(12-17)31-14-32-24)25(29)27-20-4-2-3-5-22(20)28/h6-9,11-13,20,22,28H,2-5,10,14H2,1H3,(H,27,29)/t20-,22-/m0/s1. The minimum absolute atomic E-state index is 0.0942. The third-order valence-corrected chi connectivity index (χ3v) is 6.10. The summed E-state index contributed by atoms with van der Waals surface area (Å²) in [6.45, 7) is 1.91. The molecule has 1 saturated carbocycles. The number of benzene rings is 2. The van der Waals surface area contributed by atoms with Crippen LogP contribution in [0.2, 0.25) is 0 Å². The van der Waals surface area contributed by atoms with Crippen LogP contribution in [0.5, 0.6) is 11.5 Å². The smallest absolute Gasteiger partial charge is 0.255 e. The third-order valence-electron chi connectivity index (χ3n) is 6.10. The van der Waals surface area contributed by atoms with Crippen molar-refractivity contribution in [3.63, 3.8) is 0 Å². The molecule has 2 atom stereocenters. The van der Waals surface area contributed by atoms with Crippen molar-refractivity contribution < 1.29 is 23.8 Å². The lowest BCUT2D eigenvalue weighted by atomic mass is 9.92. The Morgan fingerprint density at radius 1 is 1.12 bits per heavy atom. The number of rotatable bonds is 5. The summed E-state index contributed by atoms with van der Waals surface area (Å²) in [5, 5.41) is 13.2. The van der Waals surface area contributed by atoms with Gasteiger partial charge in [-0.3, -0.25) is 4.79 Å². The average molecular weight is 434 g/mol. The van der Waals surface area contributed by atoms with E-state index in [0.717, 1.165) is 41.6 Å². The number of amides is 1. The first kappa shape index (κ1) is 20.6. The second-order valence-corrected chi connectivity index (χ2v) is 8.43. The Balaban J connectivity index is 1.36. The van der Waals surface area contributed by atoms with Crippen LogP contribution in [0, 0.1) is 6.92 Å². The number of aliphatic hydroxyl groups excluding tert-OH is 1. The molecule has 0 radical (unpaired) electrons. The summed E-state index contributed by atoms with van der Waals surface area (Å²) in [4.78, 5) is 17.4. The van der Waals surface area contributed by atoms with Crippen molar-refractivity contribution >= 4 is 5.91 Å². The van der Waals surface area contributed by atoms with Crippen molar-refractivity contribution in [1.82, 2.24) is 10.3 Å². The highest BCUT2D eigenvalue weighted by Crippen LogP contribution is 2.38. The molecule has 0 saturated heterocycles. The van der Waals surface area contributed by atoms with E-state index in [0.29, 0.717) is 35.8 Å². The maximum atomic E-state index is 13.1. The number of aliphatic hydroxyl groups is 1. The monoisotopic (exact) mass is 434 g/mol. The lowest BCUT2D eigenvalue weighted by molar-refractivity contribution is 0.0714. The first-order chi connectivity index (χ1) is 15.6. The number of hydrogen-bond donors (Lipinski definition) is 2. The largest absolute Gasteiger partial charge is 0.454 e. The molecule has 3 aromatic rings. The van der Waals surface area contributed by atoms with Gasteiger partial charge in [-0.15, -0.1) is 0 Å². The van der Waals surface area contributed by atoms with Gasteiger partial charge in [-0.2, -0.15) is 0 Å². The van der Waals surface area contributed by atoms with Gasteiger partial charge < -0.3 is 24.3 Å². The fourth-order valence-electron chi connectivity index (χ4n) is 4.39. The first-order valence-corrected chi connectivity index (χ1v) is 11.0. The molecule has 0 unspecified atom stereocenters. The Labute approximate surface area is 186 Å². The van der Waals surface area contributed by atoms with Crippen LogP contribution in [0.4, 0.5) is 0 Å². The van der Waals surface area contributed by atoms with Crippen LogP contribution in [-0.2, 0) is 6.42 Å². The second-order valence-electron chi connectivity index (χ2n) is 8.43. The number of aryl methyl sites for hydroxylation is 1. The van der Waals surface area contributed by atoms with E-state index in [1.165, 1.54) is 0 Å². The number of fused-ring (bicyclic) bond motifs is 1. The van der Waals surface area contributed by atoms with Crippen molar-refractivity contribution in [3.05, 3.63) is 65.2 Å². The van der Waals surface area contributed by atoms with E-state index >= 15 is 0 Å². The average Bonchev–Trinajstić information content (AvgIpc) is 3.44. The van der Waals surface area contributed by atoms with Gasteiger partial charge in [0.25, 0.3) is 5.91 Å². The molecule has 0 bridgehead atoms. The molecule has 5 rings (SSSR count). The van der Waals surface area contributed by atoms with Crippen LogP contribution in [-0.4, -0.2) is 34.9 Å². The van der Waals surface area contributed by atoms with Gasteiger partial charge in [-0.25, -0.2) is 4.98 Å². The SMILES string of the molecule is Cc1nc(-c2ccc(Cc3cc4c(c(C(=O)N[C@H]5CCCC[C@@H]5O)c3)OCO4)cc2)co1. The summed E-state index contributed by atoms with van der Waals surface area (Å²) < 4.78 is 16.5. The first-order valence-electron chi connectivity index (χ1n) is 11.0. The molecule has 7 nitrogen and oxygen atoms in total. The van der Waals surface area contributed by atoms with Gasteiger partial charge in [0.15, 0.2) is 17.4 Å². The molecule has 1 aliphatic heterocycles. The molecule has 1 aromatic heterocycles. The van der Waals surface area contributed by atoms with Crippen LogP contribution in [0.3, 0.4) is 0 Å². The van der Waals surface area contributed by atoms with E-state index in [4.69, 9.17) is 13.9 Å². The maximum Gasteiger partial charge on any atom is 0.255 e. The topological polar surface area (TPSA) is 93.8 Å². The van der Waals surface area contributed by atoms with Crippen LogP contribution in [0.25, 0.3) is 11.3 Å². The molecule has 32 heavy (non-hydrogen) atoms. The molecule has 2 heterocycles. The van der Waals surface area contributed by atoms with E-state index in [2.05, 4.69) is 10.3 Å². The van der Waals surface area contributed by atoms with Crippen molar-refractivity contribution in [2.45, 2.75) is 51.2 Å². The van der Waals surface area contributed by atoms with Gasteiger partial charge in [-0.1, -0.05) is 37.1 Å². The van der Waals surface area contributed by atoms with E-state index in [1.807, 2.05) is 43.3 Å². The summed E-state index contributed by atoms with van der Waals surface area (Å²) in [5.74, 6) is 1.44. The van der Waals surface area contributed by atoms with Gasteiger partial charge in [0, 0.05) is 12.5 Å². The predicted molar refractivity (Wildman–Crippen MR) is 118 cm³/mol. The molecule has 2 aromatic carbocycles. The Hall–Kier alpha value is -3.32. The molecule has 1 fully saturated rings. The highest BCUT2D eigenvalue weighted by molar-refractivity contribution is 5.98. The number of ether oxygens (including phenoxy) is 2. The van der Waals surface area contributed by atoms with Gasteiger partial charge in [0.2, 0.25) is 6.79 Å². The van der Waals surface area contributed by atoms with E-state index in [9.17, 15) is 9.90 Å². The van der Waals surface area contributed by atoms with Crippen LogP contribution in [0.15, 0.2) is 47.1 Å². The normalized spacial score (nSPS) is 19.7. The van der Waals surface area contributed by atoms with Crippen molar-refractivity contribution in [2.75, 3.05) is 6.79 Å². The van der Waals surface area contributed by atoms with Crippen LogP contribution >= 0.6 is 0 Å². The molecule has 2 N–H and O–H groups in total. The molecule has 166 valence electrons. The predicted octanol–water partition coefficient (Wildman–Crippen LogP) is 4.00. The van der Waals surface area contributed by atoms with Crippen molar-refractivity contribution in [1.29, 1.82) is 0 Å². The van der Waals surface area contributed by atoms with E-state index < -0.39 is 6.10 Å². The molecule has 2 aliphatic rings. The Kier molecular flexibility index (Phi) is 5.57. The number of aromatic nitrogens is 1. The molecular formula is C25H26N2O5. The highest BCUT2D eigenvalue weighted by atomic mass is 16.7. The number of carbonyl (C=O) groups excluding carboxylic acids is 1. The fraction of sp³-hybridized carbons (Fsp3) is 0.360. The van der Waals surface area contributed by atoms with Gasteiger partial charge in [-0.05, 0) is 42.5 Å². The number of nitrogens with zero attached hydrogens (tertiary/aromatic N) is 1. The zero-order valence-corrected chi connectivity index (χ0v) is 18.0. The van der Waals surface area contributed by atoms with Crippen LogP contribution < -0.4 is 14.8 Å². The van der Waals surface area contributed by atoms with Gasteiger partial charge >= 0.3 is 0 Å². The highest BCUT2D eigenvalue weighted by Gasteiger charge is 2.28. The lowest BCUT2D eigenvalue weighted by Crippen LogP contribution is -2.45. The van der Waals surface area contributed by atoms with Gasteiger partial charge in [0.1, 0.15) is 12.0 Å². The summed E-state index contributed by atoms with van der Waals surface area (Å²) in [6.07, 6.45) is 5.27. The number of hydrogen-bond acceptors (Lipinski definition) is 6. The van der Waals surface area contributed by atoms with E-state index in [-0.39, 0.29) is 18.7 Å². The van der Waals surface area contributed by atoms with Gasteiger partial charge in [0.05, 0.1) is 17.7 Å². The Morgan fingerprint density at radius 2 is 1.94 bits per heavy atom. The minimum Gasteiger partial charge on any atom is -0.454 e. The molecule has 0 spiro atoms. The van der Waals surface area contributed by atoms with Crippen molar-refractivity contribution in [2.24, 2.45) is 0 Å². The second kappa shape index (κ2) is 8.67. The molecule has 7 heteroatoms. The summed E-state index contributed by atoms with van der Waals surface area (Å²) in [6, 6.07) is 11.7. The van der Waals surface area contributed by atoms with E-state index in [1.54, 1.807) is 6.26 Å². The molecular weight excluding hydrogens is 408 g/mol. The lowest BCUT2D eigenvalue weighted by Gasteiger charge is -2.28. The number of oxazole rings is 1. The number of carbonyl (C=O) groups is 1. The number of nitrogens with one attached hydrogen (secondary N) is 1. The third kappa shape index (κ3) is 4.21. The van der Waals surface area contributed by atoms with Crippen LogP contribution in [0.1, 0.15) is 53.1 Å². The minimum atomic E-state index is -0.506. The summed E-state index contributed by atoms with van der Waals surface area (Å²) in [5.41, 5.74) is 4.29. The van der Waals surface area contributed by atoms with Crippen molar-refractivity contribution in [3.8, 4) is 22.8 Å². The summed E-state index contributed by atoms with van der Waals surface area (Å²) in [7, 11) is 0. The Morgan fingerprint density at radius 3 is 2.69 bits per heavy atom. The quantitative estimate of drug-likeness (QED) is 0.630. The fourth-order valence-corrected chi connectivity index (χ4v) is 4.39. The zero-order chi connectivity index (χ0) is 22.1.